The van der Waals surface area contributed by atoms with Crippen molar-refractivity contribution in [1.29, 1.82) is 0 Å². The highest BCUT2D eigenvalue weighted by Crippen LogP contribution is 2.34. The summed E-state index contributed by atoms with van der Waals surface area (Å²) >= 11 is 1.70. The van der Waals surface area contributed by atoms with E-state index in [0.29, 0.717) is 13.0 Å². The first-order valence-electron chi connectivity index (χ1n) is 9.61. The van der Waals surface area contributed by atoms with Crippen molar-refractivity contribution in [1.82, 2.24) is 9.55 Å². The minimum Gasteiger partial charge on any atom is -0.328 e. The van der Waals surface area contributed by atoms with E-state index in [1.54, 1.807) is 11.8 Å². The van der Waals surface area contributed by atoms with Gasteiger partial charge >= 0.3 is 0 Å². The van der Waals surface area contributed by atoms with Crippen LogP contribution in [0.2, 0.25) is 0 Å². The summed E-state index contributed by atoms with van der Waals surface area (Å²) in [5, 5.41) is 0. The van der Waals surface area contributed by atoms with E-state index in [2.05, 4.69) is 48.1 Å². The molecule has 0 aliphatic carbocycles. The van der Waals surface area contributed by atoms with Gasteiger partial charge in [0.25, 0.3) is 0 Å². The zero-order chi connectivity index (χ0) is 18.8. The number of carbonyl (C=O) groups excluding carboxylic acids is 1. The van der Waals surface area contributed by atoms with E-state index in [-0.39, 0.29) is 11.8 Å². The molecule has 3 aromatic rings. The second kappa shape index (κ2) is 7.77. The molecule has 1 fully saturated rings. The van der Waals surface area contributed by atoms with Crippen molar-refractivity contribution in [3.05, 3.63) is 54.4 Å². The Morgan fingerprint density at radius 3 is 2.85 bits per heavy atom. The van der Waals surface area contributed by atoms with Gasteiger partial charge in [-0.25, -0.2) is 4.98 Å². The van der Waals surface area contributed by atoms with Gasteiger partial charge in [0, 0.05) is 36.0 Å². The minimum atomic E-state index is 0.139. The molecular weight excluding hydrogens is 354 g/mol. The normalized spacial score (nSPS) is 17.2. The van der Waals surface area contributed by atoms with E-state index in [1.165, 1.54) is 10.4 Å². The van der Waals surface area contributed by atoms with Gasteiger partial charge in [-0.2, -0.15) is 0 Å². The van der Waals surface area contributed by atoms with Crippen molar-refractivity contribution in [3.8, 4) is 0 Å². The third-order valence-corrected chi connectivity index (χ3v) is 6.00. The van der Waals surface area contributed by atoms with Crippen LogP contribution in [0.15, 0.2) is 53.4 Å². The summed E-state index contributed by atoms with van der Waals surface area (Å²) in [6.45, 7) is 3.86. The van der Waals surface area contributed by atoms with Crippen LogP contribution in [0.1, 0.15) is 37.9 Å². The van der Waals surface area contributed by atoms with Crippen LogP contribution in [0.4, 0.5) is 5.69 Å². The number of para-hydroxylation sites is 2. The zero-order valence-electron chi connectivity index (χ0n) is 15.9. The molecule has 0 unspecified atom stereocenters. The van der Waals surface area contributed by atoms with Crippen molar-refractivity contribution >= 4 is 34.4 Å². The third-order valence-electron chi connectivity index (χ3n) is 5.27. The molecule has 1 aromatic heterocycles. The number of rotatable bonds is 6. The Bertz CT molecular complexity index is 965. The summed E-state index contributed by atoms with van der Waals surface area (Å²) in [6, 6.07) is 16.5. The molecule has 1 aliphatic heterocycles. The van der Waals surface area contributed by atoms with Crippen LogP contribution >= 0.6 is 11.8 Å². The quantitative estimate of drug-likeness (QED) is 0.561. The van der Waals surface area contributed by atoms with Gasteiger partial charge in [0.15, 0.2) is 0 Å². The van der Waals surface area contributed by atoms with E-state index in [0.717, 1.165) is 36.4 Å². The van der Waals surface area contributed by atoms with Crippen molar-refractivity contribution in [2.75, 3.05) is 17.7 Å². The van der Waals surface area contributed by atoms with Crippen LogP contribution in [0.5, 0.6) is 0 Å². The molecule has 2 aromatic carbocycles. The molecule has 4 nitrogen and oxygen atoms in total. The maximum absolute atomic E-state index is 12.8. The van der Waals surface area contributed by atoms with Gasteiger partial charge in [-0.15, -0.1) is 11.8 Å². The first-order valence-corrected chi connectivity index (χ1v) is 10.8. The number of hydrogen-bond acceptors (Lipinski definition) is 3. The molecule has 4 rings (SSSR count). The Morgan fingerprint density at radius 1 is 1.19 bits per heavy atom. The number of unbranched alkanes of at least 4 members (excludes halogenated alkanes) is 1. The number of imidazole rings is 1. The van der Waals surface area contributed by atoms with Gasteiger partial charge in [0.05, 0.1) is 11.0 Å². The lowest BCUT2D eigenvalue weighted by Crippen LogP contribution is -2.24. The van der Waals surface area contributed by atoms with Gasteiger partial charge < -0.3 is 9.47 Å². The molecule has 27 heavy (non-hydrogen) atoms. The molecule has 1 aliphatic rings. The molecule has 0 N–H and O–H groups in total. The van der Waals surface area contributed by atoms with Gasteiger partial charge in [-0.05, 0) is 43.0 Å². The first-order chi connectivity index (χ1) is 13.2. The Kier molecular flexibility index (Phi) is 5.21. The van der Waals surface area contributed by atoms with Crippen molar-refractivity contribution in [3.63, 3.8) is 0 Å². The van der Waals surface area contributed by atoms with Crippen LogP contribution < -0.4 is 4.90 Å². The Balaban J connectivity index is 1.67. The lowest BCUT2D eigenvalue weighted by Gasteiger charge is -2.18. The average molecular weight is 380 g/mol. The topological polar surface area (TPSA) is 38.1 Å². The molecule has 0 saturated carbocycles. The average Bonchev–Trinajstić information content (AvgIpc) is 3.27. The fraction of sp³-hybridized carbons (Fsp3) is 0.364. The molecule has 0 radical (unpaired) electrons. The summed E-state index contributed by atoms with van der Waals surface area (Å²) in [6.07, 6.45) is 4.85. The summed E-state index contributed by atoms with van der Waals surface area (Å²) in [4.78, 5) is 20.8. The molecule has 1 amide bonds. The summed E-state index contributed by atoms with van der Waals surface area (Å²) in [7, 11) is 0. The van der Waals surface area contributed by atoms with E-state index < -0.39 is 0 Å². The summed E-state index contributed by atoms with van der Waals surface area (Å²) in [5.41, 5.74) is 3.20. The molecule has 0 spiro atoms. The number of fused-ring (bicyclic) bond motifs is 1. The minimum absolute atomic E-state index is 0.139. The van der Waals surface area contributed by atoms with Gasteiger partial charge in [-0.1, -0.05) is 31.5 Å². The Morgan fingerprint density at radius 2 is 2.04 bits per heavy atom. The number of nitrogens with zero attached hydrogens (tertiary/aromatic N) is 3. The number of aryl methyl sites for hydroxylation is 1. The number of benzene rings is 2. The summed E-state index contributed by atoms with van der Waals surface area (Å²) in [5.74, 6) is 1.38. The lowest BCUT2D eigenvalue weighted by molar-refractivity contribution is -0.117. The number of anilines is 1. The van der Waals surface area contributed by atoms with Gasteiger partial charge in [0.1, 0.15) is 5.82 Å². The molecule has 5 heteroatoms. The van der Waals surface area contributed by atoms with Gasteiger partial charge in [-0.3, -0.25) is 4.79 Å². The van der Waals surface area contributed by atoms with Crippen molar-refractivity contribution in [2.45, 2.75) is 43.5 Å². The molecule has 0 bridgehead atoms. The highest BCUT2D eigenvalue weighted by Gasteiger charge is 2.34. The second-order valence-electron chi connectivity index (χ2n) is 7.07. The Labute approximate surface area is 164 Å². The number of hydrogen-bond donors (Lipinski definition) is 0. The maximum Gasteiger partial charge on any atom is 0.227 e. The molecule has 1 atom stereocenters. The van der Waals surface area contributed by atoms with Crippen LogP contribution in [0, 0.1) is 0 Å². The lowest BCUT2D eigenvalue weighted by atomic mass is 10.1. The first kappa shape index (κ1) is 18.1. The predicted molar refractivity (Wildman–Crippen MR) is 113 cm³/mol. The fourth-order valence-corrected chi connectivity index (χ4v) is 4.32. The second-order valence-corrected chi connectivity index (χ2v) is 7.95. The molecule has 1 saturated heterocycles. The number of aromatic nitrogens is 2. The maximum atomic E-state index is 12.8. The Hall–Kier alpha value is -2.27. The molecule has 2 heterocycles. The smallest absolute Gasteiger partial charge is 0.227 e. The fourth-order valence-electron chi connectivity index (χ4n) is 3.87. The zero-order valence-corrected chi connectivity index (χ0v) is 16.7. The highest BCUT2D eigenvalue weighted by atomic mass is 32.2. The third kappa shape index (κ3) is 3.48. The standard InChI is InChI=1S/C22H25N3OS/c1-3-4-12-24-20-11-6-5-10-19(20)23-22(24)16-13-21(26)25(15-16)17-8-7-9-18(14-17)27-2/h5-11,14,16H,3-4,12-13,15H2,1-2H3/t16-/m0/s1. The monoisotopic (exact) mass is 379 g/mol. The SMILES string of the molecule is CCCCn1c([C@H]2CC(=O)N(c3cccc(SC)c3)C2)nc2ccccc21. The predicted octanol–water partition coefficient (Wildman–Crippen LogP) is 5.08. The number of thioether (sulfide) groups is 1. The molecule has 140 valence electrons. The van der Waals surface area contributed by atoms with E-state index in [9.17, 15) is 4.79 Å². The van der Waals surface area contributed by atoms with Crippen LogP contribution in [-0.2, 0) is 11.3 Å². The van der Waals surface area contributed by atoms with E-state index in [1.807, 2.05) is 23.1 Å². The van der Waals surface area contributed by atoms with Gasteiger partial charge in [0.2, 0.25) is 5.91 Å². The highest BCUT2D eigenvalue weighted by molar-refractivity contribution is 7.98. The van der Waals surface area contributed by atoms with E-state index >= 15 is 0 Å². The van der Waals surface area contributed by atoms with Crippen molar-refractivity contribution < 1.29 is 4.79 Å². The van der Waals surface area contributed by atoms with E-state index in [4.69, 9.17) is 4.98 Å². The van der Waals surface area contributed by atoms with Crippen LogP contribution in [0.3, 0.4) is 0 Å². The van der Waals surface area contributed by atoms with Crippen LogP contribution in [-0.4, -0.2) is 28.3 Å². The summed E-state index contributed by atoms with van der Waals surface area (Å²) < 4.78 is 2.33. The largest absolute Gasteiger partial charge is 0.328 e. The number of carbonyl (C=O) groups is 1. The van der Waals surface area contributed by atoms with Crippen LogP contribution in [0.25, 0.3) is 11.0 Å². The number of amides is 1. The molecular formula is C22H25N3OS. The van der Waals surface area contributed by atoms with Crippen molar-refractivity contribution in [2.24, 2.45) is 0 Å².